The Labute approximate surface area is 145 Å². The number of rotatable bonds is 3. The van der Waals surface area contributed by atoms with Crippen LogP contribution in [0.1, 0.15) is 19.3 Å². The van der Waals surface area contributed by atoms with Gasteiger partial charge in [-0.05, 0) is 31.4 Å². The largest absolute Gasteiger partial charge is 0.494 e. The third kappa shape index (κ3) is 2.81. The lowest BCUT2D eigenvalue weighted by Gasteiger charge is -2.37. The molecule has 0 bridgehead atoms. The van der Waals surface area contributed by atoms with Crippen LogP contribution in [0.5, 0.6) is 5.75 Å². The molecule has 1 aromatic heterocycles. The predicted octanol–water partition coefficient (Wildman–Crippen LogP) is 2.14. The summed E-state index contributed by atoms with van der Waals surface area (Å²) >= 11 is 0. The van der Waals surface area contributed by atoms with Crippen molar-refractivity contribution in [1.82, 2.24) is 9.97 Å². The highest BCUT2D eigenvalue weighted by atomic mass is 19.1. The summed E-state index contributed by atoms with van der Waals surface area (Å²) in [6.45, 7) is 1.98. The number of hydrogen-bond donors (Lipinski definition) is 1. The second kappa shape index (κ2) is 6.72. The number of fused-ring (bicyclic) bond motifs is 1. The van der Waals surface area contributed by atoms with Crippen LogP contribution in [0.25, 0.3) is 10.9 Å². The molecule has 2 aliphatic heterocycles. The molecule has 3 unspecified atom stereocenters. The Bertz CT molecular complexity index is 773. The van der Waals surface area contributed by atoms with Crippen LogP contribution in [0.2, 0.25) is 0 Å². The lowest BCUT2D eigenvalue weighted by atomic mass is 9.89. The lowest BCUT2D eigenvalue weighted by Crippen LogP contribution is -2.46. The summed E-state index contributed by atoms with van der Waals surface area (Å²) in [5.41, 5.74) is 0.260. The molecule has 134 valence electrons. The van der Waals surface area contributed by atoms with Crippen LogP contribution in [-0.2, 0) is 4.74 Å². The molecule has 1 aromatic carbocycles. The van der Waals surface area contributed by atoms with Crippen molar-refractivity contribution in [3.8, 4) is 5.75 Å². The maximum absolute atomic E-state index is 14.6. The fraction of sp³-hybridized carbons (Fsp3) is 0.556. The van der Waals surface area contributed by atoms with Gasteiger partial charge in [0, 0.05) is 30.5 Å². The van der Waals surface area contributed by atoms with Crippen molar-refractivity contribution in [2.24, 2.45) is 5.92 Å². The van der Waals surface area contributed by atoms with Gasteiger partial charge in [-0.1, -0.05) is 0 Å². The van der Waals surface area contributed by atoms with E-state index in [9.17, 15) is 9.50 Å². The molecule has 7 heteroatoms. The Morgan fingerprint density at radius 1 is 1.32 bits per heavy atom. The number of halogens is 1. The summed E-state index contributed by atoms with van der Waals surface area (Å²) in [7, 11) is 1.44. The van der Waals surface area contributed by atoms with Crippen molar-refractivity contribution in [2.75, 3.05) is 31.8 Å². The Kier molecular flexibility index (Phi) is 4.43. The fourth-order valence-corrected chi connectivity index (χ4v) is 4.07. The van der Waals surface area contributed by atoms with Gasteiger partial charge in [0.15, 0.2) is 11.6 Å². The zero-order chi connectivity index (χ0) is 17.4. The highest BCUT2D eigenvalue weighted by Gasteiger charge is 2.38. The van der Waals surface area contributed by atoms with Crippen molar-refractivity contribution < 1.29 is 19.0 Å². The summed E-state index contributed by atoms with van der Waals surface area (Å²) in [5.74, 6) is 0.461. The van der Waals surface area contributed by atoms with Crippen molar-refractivity contribution in [1.29, 1.82) is 0 Å². The number of benzene rings is 1. The van der Waals surface area contributed by atoms with E-state index in [1.807, 2.05) is 0 Å². The van der Waals surface area contributed by atoms with Gasteiger partial charge in [-0.3, -0.25) is 0 Å². The van der Waals surface area contributed by atoms with Gasteiger partial charge in [0.05, 0.1) is 19.8 Å². The van der Waals surface area contributed by atoms with Gasteiger partial charge in [0.2, 0.25) is 0 Å². The Hall–Kier alpha value is -1.99. The molecule has 0 saturated carbocycles. The summed E-state index contributed by atoms with van der Waals surface area (Å²) < 4.78 is 25.2. The second-order valence-corrected chi connectivity index (χ2v) is 6.67. The molecule has 0 radical (unpaired) electrons. The molecule has 4 rings (SSSR count). The quantitative estimate of drug-likeness (QED) is 0.918. The molecule has 2 saturated heterocycles. The van der Waals surface area contributed by atoms with Crippen molar-refractivity contribution in [3.05, 3.63) is 24.3 Å². The van der Waals surface area contributed by atoms with Gasteiger partial charge in [-0.25, -0.2) is 14.4 Å². The average molecular weight is 347 g/mol. The first-order valence-corrected chi connectivity index (χ1v) is 8.70. The Morgan fingerprint density at radius 2 is 2.20 bits per heavy atom. The van der Waals surface area contributed by atoms with Gasteiger partial charge in [0.1, 0.15) is 17.7 Å². The molecule has 1 N–H and O–H groups in total. The predicted molar refractivity (Wildman–Crippen MR) is 91.3 cm³/mol. The molecule has 0 aliphatic carbocycles. The summed E-state index contributed by atoms with van der Waals surface area (Å²) in [5, 5.41) is 11.1. The number of ether oxygens (including phenoxy) is 2. The first-order valence-electron chi connectivity index (χ1n) is 8.70. The van der Waals surface area contributed by atoms with Crippen LogP contribution in [0.15, 0.2) is 18.5 Å². The first-order chi connectivity index (χ1) is 12.2. The first kappa shape index (κ1) is 16.5. The number of aliphatic hydroxyl groups is 1. The van der Waals surface area contributed by atoms with E-state index in [1.165, 1.54) is 13.4 Å². The van der Waals surface area contributed by atoms with Crippen molar-refractivity contribution >= 4 is 16.7 Å². The van der Waals surface area contributed by atoms with Gasteiger partial charge in [0.25, 0.3) is 0 Å². The molecule has 2 fully saturated rings. The zero-order valence-electron chi connectivity index (χ0n) is 14.2. The topological polar surface area (TPSA) is 67.7 Å². The molecule has 6 nitrogen and oxygen atoms in total. The van der Waals surface area contributed by atoms with Gasteiger partial charge >= 0.3 is 0 Å². The number of aromatic nitrogens is 2. The third-order valence-corrected chi connectivity index (χ3v) is 5.34. The maximum atomic E-state index is 14.6. The number of hydrogen-bond acceptors (Lipinski definition) is 6. The average Bonchev–Trinajstić information content (AvgIpc) is 3.11. The highest BCUT2D eigenvalue weighted by Crippen LogP contribution is 2.37. The van der Waals surface area contributed by atoms with Crippen LogP contribution in [-0.4, -0.2) is 54.1 Å². The van der Waals surface area contributed by atoms with Crippen LogP contribution in [0, 0.1) is 11.7 Å². The van der Waals surface area contributed by atoms with Crippen LogP contribution in [0.3, 0.4) is 0 Å². The monoisotopic (exact) mass is 347 g/mol. The number of aliphatic hydroxyl groups excluding tert-OH is 1. The molecule has 3 atom stereocenters. The van der Waals surface area contributed by atoms with Crippen molar-refractivity contribution in [3.63, 3.8) is 0 Å². The van der Waals surface area contributed by atoms with E-state index < -0.39 is 5.82 Å². The summed E-state index contributed by atoms with van der Waals surface area (Å²) in [6, 6.07) is 3.54. The lowest BCUT2D eigenvalue weighted by molar-refractivity contribution is -0.0438. The minimum absolute atomic E-state index is 0.0457. The van der Waals surface area contributed by atoms with E-state index >= 15 is 0 Å². The van der Waals surface area contributed by atoms with E-state index in [0.29, 0.717) is 30.8 Å². The second-order valence-electron chi connectivity index (χ2n) is 6.67. The third-order valence-electron chi connectivity index (χ3n) is 5.34. The van der Waals surface area contributed by atoms with E-state index in [4.69, 9.17) is 9.47 Å². The number of methoxy groups -OCH3 is 1. The molecular weight excluding hydrogens is 325 g/mol. The molecule has 0 amide bonds. The fourth-order valence-electron chi connectivity index (χ4n) is 4.07. The van der Waals surface area contributed by atoms with Gasteiger partial charge in [-0.2, -0.15) is 0 Å². The van der Waals surface area contributed by atoms with Crippen LogP contribution >= 0.6 is 0 Å². The van der Waals surface area contributed by atoms with Crippen LogP contribution < -0.4 is 9.64 Å². The minimum atomic E-state index is -0.472. The van der Waals surface area contributed by atoms with E-state index in [-0.39, 0.29) is 29.3 Å². The normalized spacial score (nSPS) is 27.0. The Morgan fingerprint density at radius 3 is 3.00 bits per heavy atom. The van der Waals surface area contributed by atoms with E-state index in [0.717, 1.165) is 19.4 Å². The highest BCUT2D eigenvalue weighted by molar-refractivity contribution is 5.91. The minimum Gasteiger partial charge on any atom is -0.494 e. The van der Waals surface area contributed by atoms with Crippen molar-refractivity contribution in [2.45, 2.75) is 31.4 Å². The molecule has 0 spiro atoms. The van der Waals surface area contributed by atoms with Gasteiger partial charge < -0.3 is 19.5 Å². The number of anilines is 1. The van der Waals surface area contributed by atoms with E-state index in [1.54, 1.807) is 12.1 Å². The maximum Gasteiger partial charge on any atom is 0.191 e. The van der Waals surface area contributed by atoms with Gasteiger partial charge in [-0.15, -0.1) is 0 Å². The summed E-state index contributed by atoms with van der Waals surface area (Å²) in [6.07, 6.45) is 3.66. The molecule has 3 heterocycles. The zero-order valence-corrected chi connectivity index (χ0v) is 14.2. The molecular formula is C18H22FN3O3. The smallest absolute Gasteiger partial charge is 0.191 e. The number of nitrogens with zero attached hydrogens (tertiary/aromatic N) is 3. The molecule has 25 heavy (non-hydrogen) atoms. The molecule has 2 aliphatic rings. The Balaban J connectivity index is 1.74. The summed E-state index contributed by atoms with van der Waals surface area (Å²) in [4.78, 5) is 10.7. The molecule has 2 aromatic rings. The van der Waals surface area contributed by atoms with Crippen LogP contribution in [0.4, 0.5) is 10.2 Å². The van der Waals surface area contributed by atoms with E-state index in [2.05, 4.69) is 14.9 Å². The standard InChI is InChI=1S/C18H22FN3O3/c1-24-15-5-4-11-17(16(15)19)20-10-21-18(11)22-7-2-3-13(22)12-9-25-8-6-14(12)23/h4-5,10,12-14,23H,2-3,6-9H2,1H3. The SMILES string of the molecule is COc1ccc2c(N3CCCC3C3COCCC3O)ncnc2c1F.